The summed E-state index contributed by atoms with van der Waals surface area (Å²) in [6, 6.07) is 31.1. The Bertz CT molecular complexity index is 962. The van der Waals surface area contributed by atoms with Crippen LogP contribution in [0.4, 0.5) is 5.69 Å². The normalized spacial score (nSPS) is 22.3. The van der Waals surface area contributed by atoms with Crippen LogP contribution in [0, 0.1) is 12.8 Å². The number of para-hydroxylation sites is 1. The standard InChI is InChI=1S/C29H35N3/c1-24-12-14-26(15-13-24)29-23-31(20-25-8-4-2-5-9-25)22-27(29)21-30-16-18-32(19-17-30)28-10-6-3-7-11-28/h2-15,27,29H,16-23H2,1H3. The molecular weight excluding hydrogens is 390 g/mol. The summed E-state index contributed by atoms with van der Waals surface area (Å²) < 4.78 is 0. The summed E-state index contributed by atoms with van der Waals surface area (Å²) in [4.78, 5) is 7.91. The van der Waals surface area contributed by atoms with Crippen LogP contribution in [-0.4, -0.2) is 55.6 Å². The second-order valence-corrected chi connectivity index (χ2v) is 9.58. The lowest BCUT2D eigenvalue weighted by Crippen LogP contribution is -2.48. The van der Waals surface area contributed by atoms with Crippen molar-refractivity contribution in [3.05, 3.63) is 102 Å². The highest BCUT2D eigenvalue weighted by Gasteiger charge is 2.35. The van der Waals surface area contributed by atoms with E-state index in [1.165, 1.54) is 35.5 Å². The number of hydrogen-bond acceptors (Lipinski definition) is 3. The van der Waals surface area contributed by atoms with Crippen LogP contribution in [0.5, 0.6) is 0 Å². The van der Waals surface area contributed by atoms with E-state index in [-0.39, 0.29) is 0 Å². The molecule has 0 radical (unpaired) electrons. The van der Waals surface area contributed by atoms with Crippen molar-refractivity contribution in [2.24, 2.45) is 5.92 Å². The zero-order valence-corrected chi connectivity index (χ0v) is 19.2. The molecule has 3 aromatic carbocycles. The molecule has 3 heteroatoms. The highest BCUT2D eigenvalue weighted by molar-refractivity contribution is 5.46. The van der Waals surface area contributed by atoms with Crippen LogP contribution in [0.25, 0.3) is 0 Å². The van der Waals surface area contributed by atoms with Crippen molar-refractivity contribution in [3.8, 4) is 0 Å². The molecule has 2 saturated heterocycles. The van der Waals surface area contributed by atoms with E-state index in [0.717, 1.165) is 39.3 Å². The van der Waals surface area contributed by atoms with Crippen LogP contribution in [0.1, 0.15) is 22.6 Å². The maximum atomic E-state index is 2.71. The molecule has 2 fully saturated rings. The summed E-state index contributed by atoms with van der Waals surface area (Å²) in [6.45, 7) is 11.4. The lowest BCUT2D eigenvalue weighted by Gasteiger charge is -2.38. The molecule has 3 nitrogen and oxygen atoms in total. The number of rotatable bonds is 6. The van der Waals surface area contributed by atoms with Gasteiger partial charge in [0.2, 0.25) is 0 Å². The van der Waals surface area contributed by atoms with Gasteiger partial charge < -0.3 is 4.90 Å². The van der Waals surface area contributed by atoms with Gasteiger partial charge in [0.05, 0.1) is 0 Å². The molecule has 2 aliphatic rings. The Morgan fingerprint density at radius 2 is 1.34 bits per heavy atom. The summed E-state index contributed by atoms with van der Waals surface area (Å²) in [5.41, 5.74) is 5.65. The Morgan fingerprint density at radius 1 is 0.688 bits per heavy atom. The Hall–Kier alpha value is -2.62. The van der Waals surface area contributed by atoms with Gasteiger partial charge in [-0.15, -0.1) is 0 Å². The van der Waals surface area contributed by atoms with E-state index in [9.17, 15) is 0 Å². The minimum atomic E-state index is 0.617. The number of piperazine rings is 1. The van der Waals surface area contributed by atoms with Gasteiger partial charge >= 0.3 is 0 Å². The lowest BCUT2D eigenvalue weighted by molar-refractivity contribution is 0.209. The summed E-state index contributed by atoms with van der Waals surface area (Å²) in [6.07, 6.45) is 0. The van der Waals surface area contributed by atoms with Crippen LogP contribution < -0.4 is 4.90 Å². The molecule has 2 aliphatic heterocycles. The second-order valence-electron chi connectivity index (χ2n) is 9.58. The average Bonchev–Trinajstić information content (AvgIpc) is 3.23. The first-order chi connectivity index (χ1) is 15.7. The molecule has 2 atom stereocenters. The minimum absolute atomic E-state index is 0.617. The molecule has 0 aromatic heterocycles. The van der Waals surface area contributed by atoms with Crippen molar-refractivity contribution >= 4 is 5.69 Å². The Morgan fingerprint density at radius 3 is 2.03 bits per heavy atom. The van der Waals surface area contributed by atoms with Gasteiger partial charge in [0, 0.05) is 64.0 Å². The first-order valence-corrected chi connectivity index (χ1v) is 12.1. The number of anilines is 1. The molecule has 5 rings (SSSR count). The fourth-order valence-corrected chi connectivity index (χ4v) is 5.47. The van der Waals surface area contributed by atoms with E-state index in [2.05, 4.69) is 107 Å². The van der Waals surface area contributed by atoms with Crippen molar-refractivity contribution in [1.82, 2.24) is 9.80 Å². The number of likely N-dealkylation sites (tertiary alicyclic amines) is 1. The fourth-order valence-electron chi connectivity index (χ4n) is 5.47. The smallest absolute Gasteiger partial charge is 0.0367 e. The third-order valence-electron chi connectivity index (χ3n) is 7.26. The SMILES string of the molecule is Cc1ccc(C2CN(Cc3ccccc3)CC2CN2CCN(c3ccccc3)CC2)cc1. The molecule has 3 aromatic rings. The largest absolute Gasteiger partial charge is 0.369 e. The van der Waals surface area contributed by atoms with Crippen molar-refractivity contribution in [2.45, 2.75) is 19.4 Å². The monoisotopic (exact) mass is 425 g/mol. The zero-order valence-electron chi connectivity index (χ0n) is 19.2. The number of aryl methyl sites for hydroxylation is 1. The van der Waals surface area contributed by atoms with Crippen molar-refractivity contribution in [1.29, 1.82) is 0 Å². The third-order valence-corrected chi connectivity index (χ3v) is 7.26. The first kappa shape index (κ1) is 21.2. The summed E-state index contributed by atoms with van der Waals surface area (Å²) >= 11 is 0. The fraction of sp³-hybridized carbons (Fsp3) is 0.379. The van der Waals surface area contributed by atoms with Gasteiger partial charge in [0.25, 0.3) is 0 Å². The predicted octanol–water partition coefficient (Wildman–Crippen LogP) is 5.03. The molecule has 166 valence electrons. The highest BCUT2D eigenvalue weighted by Crippen LogP contribution is 2.34. The van der Waals surface area contributed by atoms with Crippen molar-refractivity contribution in [2.75, 3.05) is 50.7 Å². The van der Waals surface area contributed by atoms with Crippen LogP contribution in [-0.2, 0) is 6.54 Å². The maximum Gasteiger partial charge on any atom is 0.0367 e. The van der Waals surface area contributed by atoms with Gasteiger partial charge in [0.1, 0.15) is 0 Å². The van der Waals surface area contributed by atoms with Crippen LogP contribution in [0.15, 0.2) is 84.9 Å². The quantitative estimate of drug-likeness (QED) is 0.548. The first-order valence-electron chi connectivity index (χ1n) is 12.1. The molecule has 0 amide bonds. The van der Waals surface area contributed by atoms with E-state index in [1.54, 1.807) is 0 Å². The van der Waals surface area contributed by atoms with Gasteiger partial charge in [-0.25, -0.2) is 0 Å². The molecule has 2 unspecified atom stereocenters. The highest BCUT2D eigenvalue weighted by atomic mass is 15.3. The lowest BCUT2D eigenvalue weighted by atomic mass is 9.88. The molecule has 0 spiro atoms. The average molecular weight is 426 g/mol. The Balaban J connectivity index is 1.25. The van der Waals surface area contributed by atoms with E-state index in [1.807, 2.05) is 0 Å². The van der Waals surface area contributed by atoms with Gasteiger partial charge in [-0.1, -0.05) is 78.4 Å². The maximum absolute atomic E-state index is 2.71. The van der Waals surface area contributed by atoms with Gasteiger partial charge in [-0.2, -0.15) is 0 Å². The number of nitrogens with zero attached hydrogens (tertiary/aromatic N) is 3. The molecular formula is C29H35N3. The minimum Gasteiger partial charge on any atom is -0.369 e. The Labute approximate surface area is 193 Å². The zero-order chi connectivity index (χ0) is 21.8. The molecule has 0 bridgehead atoms. The predicted molar refractivity (Wildman–Crippen MR) is 134 cm³/mol. The molecule has 0 N–H and O–H groups in total. The van der Waals surface area contributed by atoms with Crippen LogP contribution in [0.2, 0.25) is 0 Å². The summed E-state index contributed by atoms with van der Waals surface area (Å²) in [5.74, 6) is 1.30. The second kappa shape index (κ2) is 9.89. The van der Waals surface area contributed by atoms with Crippen LogP contribution >= 0.6 is 0 Å². The number of benzene rings is 3. The van der Waals surface area contributed by atoms with Gasteiger partial charge in [-0.05, 0) is 36.1 Å². The number of hydrogen-bond donors (Lipinski definition) is 0. The summed E-state index contributed by atoms with van der Waals surface area (Å²) in [7, 11) is 0. The Kier molecular flexibility index (Phi) is 6.56. The van der Waals surface area contributed by atoms with Gasteiger partial charge in [-0.3, -0.25) is 9.80 Å². The topological polar surface area (TPSA) is 9.72 Å². The van der Waals surface area contributed by atoms with E-state index in [0.29, 0.717) is 11.8 Å². The van der Waals surface area contributed by atoms with E-state index < -0.39 is 0 Å². The molecule has 32 heavy (non-hydrogen) atoms. The van der Waals surface area contributed by atoms with Crippen molar-refractivity contribution < 1.29 is 0 Å². The molecule has 0 aliphatic carbocycles. The molecule has 0 saturated carbocycles. The van der Waals surface area contributed by atoms with Crippen molar-refractivity contribution in [3.63, 3.8) is 0 Å². The van der Waals surface area contributed by atoms with Crippen LogP contribution in [0.3, 0.4) is 0 Å². The van der Waals surface area contributed by atoms with E-state index in [4.69, 9.17) is 0 Å². The van der Waals surface area contributed by atoms with E-state index >= 15 is 0 Å². The third kappa shape index (κ3) is 5.06. The molecule has 2 heterocycles. The van der Waals surface area contributed by atoms with Gasteiger partial charge in [0.15, 0.2) is 0 Å². The summed E-state index contributed by atoms with van der Waals surface area (Å²) in [5, 5.41) is 0.